The van der Waals surface area contributed by atoms with Gasteiger partial charge in [0, 0.05) is 18.2 Å². The Morgan fingerprint density at radius 1 is 1.08 bits per heavy atom. The van der Waals surface area contributed by atoms with E-state index in [1.54, 1.807) is 24.3 Å². The molecule has 0 N–H and O–H groups in total. The van der Waals surface area contributed by atoms with Gasteiger partial charge >= 0.3 is 5.97 Å². The van der Waals surface area contributed by atoms with Crippen molar-refractivity contribution < 1.29 is 27.9 Å². The van der Waals surface area contributed by atoms with Gasteiger partial charge in [0.15, 0.2) is 0 Å². The van der Waals surface area contributed by atoms with E-state index < -0.39 is 35.5 Å². The fourth-order valence-corrected chi connectivity index (χ4v) is 2.80. The van der Waals surface area contributed by atoms with Gasteiger partial charge in [-0.05, 0) is 31.2 Å². The number of ether oxygens (including phenoxy) is 1. The number of benzene rings is 2. The van der Waals surface area contributed by atoms with Crippen LogP contribution in [0, 0.1) is 11.6 Å². The lowest BCUT2D eigenvalue weighted by Gasteiger charge is -2.16. The Labute approximate surface area is 148 Å². The van der Waals surface area contributed by atoms with Gasteiger partial charge in [0.2, 0.25) is 0 Å². The summed E-state index contributed by atoms with van der Waals surface area (Å²) in [4.78, 5) is 37.4. The standard InChI is InChI=1S/C19H15F2NO4/c1-11(13-7-6-12(20)10-16(13)21)26-17(23)8-9-22-18(24)14-4-2-3-5-15(14)19(22)25/h2-7,10-11H,8-9H2,1H3. The number of amides is 2. The van der Waals surface area contributed by atoms with Crippen LogP contribution in [0.25, 0.3) is 0 Å². The Morgan fingerprint density at radius 3 is 2.27 bits per heavy atom. The zero-order valence-corrected chi connectivity index (χ0v) is 13.9. The topological polar surface area (TPSA) is 63.7 Å². The number of hydrogen-bond acceptors (Lipinski definition) is 4. The monoisotopic (exact) mass is 359 g/mol. The summed E-state index contributed by atoms with van der Waals surface area (Å²) >= 11 is 0. The molecule has 0 saturated heterocycles. The largest absolute Gasteiger partial charge is 0.458 e. The van der Waals surface area contributed by atoms with Crippen molar-refractivity contribution in [3.63, 3.8) is 0 Å². The van der Waals surface area contributed by atoms with E-state index in [-0.39, 0.29) is 18.5 Å². The van der Waals surface area contributed by atoms with Crippen molar-refractivity contribution in [3.05, 3.63) is 70.8 Å². The van der Waals surface area contributed by atoms with Crippen LogP contribution in [0.3, 0.4) is 0 Å². The first-order valence-corrected chi connectivity index (χ1v) is 7.98. The summed E-state index contributed by atoms with van der Waals surface area (Å²) in [5.41, 5.74) is 0.640. The Hall–Kier alpha value is -3.09. The second kappa shape index (κ2) is 7.03. The van der Waals surface area contributed by atoms with Crippen LogP contribution in [0.1, 0.15) is 45.7 Å². The first-order chi connectivity index (χ1) is 12.4. The van der Waals surface area contributed by atoms with E-state index >= 15 is 0 Å². The lowest BCUT2D eigenvalue weighted by atomic mass is 10.1. The molecular weight excluding hydrogens is 344 g/mol. The average molecular weight is 359 g/mol. The van der Waals surface area contributed by atoms with Crippen LogP contribution in [0.15, 0.2) is 42.5 Å². The number of carbonyl (C=O) groups excluding carboxylic acids is 3. The van der Waals surface area contributed by atoms with Crippen molar-refractivity contribution in [2.45, 2.75) is 19.4 Å². The van der Waals surface area contributed by atoms with Crippen molar-refractivity contribution in [1.82, 2.24) is 4.90 Å². The predicted octanol–water partition coefficient (Wildman–Crippen LogP) is 3.26. The van der Waals surface area contributed by atoms with E-state index in [9.17, 15) is 23.2 Å². The second-order valence-corrected chi connectivity index (χ2v) is 5.86. The van der Waals surface area contributed by atoms with Gasteiger partial charge in [-0.15, -0.1) is 0 Å². The smallest absolute Gasteiger partial charge is 0.308 e. The number of fused-ring (bicyclic) bond motifs is 1. The molecule has 2 amide bonds. The average Bonchev–Trinajstić information content (AvgIpc) is 2.84. The van der Waals surface area contributed by atoms with Gasteiger partial charge in [-0.25, -0.2) is 8.78 Å². The molecule has 0 spiro atoms. The summed E-state index contributed by atoms with van der Waals surface area (Å²) < 4.78 is 31.8. The summed E-state index contributed by atoms with van der Waals surface area (Å²) in [5, 5.41) is 0. The van der Waals surface area contributed by atoms with E-state index in [1.165, 1.54) is 13.0 Å². The van der Waals surface area contributed by atoms with E-state index in [4.69, 9.17) is 4.74 Å². The molecule has 7 heteroatoms. The van der Waals surface area contributed by atoms with Crippen LogP contribution in [0.4, 0.5) is 8.78 Å². The Bertz CT molecular complexity index is 862. The summed E-state index contributed by atoms with van der Waals surface area (Å²) in [7, 11) is 0. The molecule has 0 aromatic heterocycles. The van der Waals surface area contributed by atoms with Crippen LogP contribution in [-0.2, 0) is 9.53 Å². The first kappa shape index (κ1) is 17.7. The molecule has 0 aliphatic carbocycles. The van der Waals surface area contributed by atoms with Crippen molar-refractivity contribution in [2.24, 2.45) is 0 Å². The molecule has 1 heterocycles. The number of nitrogens with zero attached hydrogens (tertiary/aromatic N) is 1. The second-order valence-electron chi connectivity index (χ2n) is 5.86. The minimum atomic E-state index is -0.926. The molecule has 2 aromatic rings. The van der Waals surface area contributed by atoms with Crippen molar-refractivity contribution in [2.75, 3.05) is 6.54 Å². The highest BCUT2D eigenvalue weighted by Crippen LogP contribution is 2.24. The van der Waals surface area contributed by atoms with Crippen molar-refractivity contribution in [3.8, 4) is 0 Å². The predicted molar refractivity (Wildman–Crippen MR) is 87.3 cm³/mol. The third kappa shape index (κ3) is 3.33. The number of esters is 1. The van der Waals surface area contributed by atoms with E-state index in [0.717, 1.165) is 11.0 Å². The van der Waals surface area contributed by atoms with Crippen LogP contribution >= 0.6 is 0 Å². The van der Waals surface area contributed by atoms with Gasteiger partial charge in [-0.2, -0.15) is 0 Å². The molecule has 1 atom stereocenters. The van der Waals surface area contributed by atoms with Crippen LogP contribution < -0.4 is 0 Å². The van der Waals surface area contributed by atoms with Crippen molar-refractivity contribution in [1.29, 1.82) is 0 Å². The highest BCUT2D eigenvalue weighted by Gasteiger charge is 2.35. The Kier molecular flexibility index (Phi) is 4.79. The maximum atomic E-state index is 13.7. The van der Waals surface area contributed by atoms with Crippen LogP contribution in [0.5, 0.6) is 0 Å². The molecular formula is C19H15F2NO4. The maximum absolute atomic E-state index is 13.7. The molecule has 26 heavy (non-hydrogen) atoms. The molecule has 0 saturated carbocycles. The minimum absolute atomic E-state index is 0.0421. The Morgan fingerprint density at radius 2 is 1.69 bits per heavy atom. The third-order valence-corrected chi connectivity index (χ3v) is 4.13. The highest BCUT2D eigenvalue weighted by molar-refractivity contribution is 6.21. The summed E-state index contributed by atoms with van der Waals surface area (Å²) in [5.74, 6) is -3.16. The zero-order valence-electron chi connectivity index (χ0n) is 13.9. The molecule has 1 aliphatic rings. The molecule has 134 valence electrons. The number of halogens is 2. The summed E-state index contributed by atoms with van der Waals surface area (Å²) in [6.07, 6.45) is -1.15. The first-order valence-electron chi connectivity index (χ1n) is 7.98. The third-order valence-electron chi connectivity index (χ3n) is 4.13. The molecule has 0 fully saturated rings. The van der Waals surface area contributed by atoms with E-state index in [1.807, 2.05) is 0 Å². The Balaban J connectivity index is 1.60. The van der Waals surface area contributed by atoms with Crippen LogP contribution in [0.2, 0.25) is 0 Å². The van der Waals surface area contributed by atoms with Gasteiger partial charge in [0.05, 0.1) is 17.5 Å². The van der Waals surface area contributed by atoms with Gasteiger partial charge in [-0.1, -0.05) is 12.1 Å². The molecule has 1 aliphatic heterocycles. The number of hydrogen-bond donors (Lipinski definition) is 0. The van der Waals surface area contributed by atoms with Gasteiger partial charge in [0.25, 0.3) is 11.8 Å². The highest BCUT2D eigenvalue weighted by atomic mass is 19.1. The van der Waals surface area contributed by atoms with Gasteiger partial charge in [0.1, 0.15) is 17.7 Å². The molecule has 2 aromatic carbocycles. The molecule has 0 radical (unpaired) electrons. The van der Waals surface area contributed by atoms with Crippen LogP contribution in [-0.4, -0.2) is 29.2 Å². The summed E-state index contributed by atoms with van der Waals surface area (Å²) in [6, 6.07) is 9.38. The quantitative estimate of drug-likeness (QED) is 0.607. The number of rotatable bonds is 5. The molecule has 5 nitrogen and oxygen atoms in total. The SMILES string of the molecule is CC(OC(=O)CCN1C(=O)c2ccccc2C1=O)c1ccc(F)cc1F. The normalized spacial score (nSPS) is 14.3. The summed E-state index contributed by atoms with van der Waals surface area (Å²) in [6.45, 7) is 1.32. The van der Waals surface area contributed by atoms with Crippen molar-refractivity contribution >= 4 is 17.8 Å². The molecule has 3 rings (SSSR count). The number of carbonyl (C=O) groups is 3. The maximum Gasteiger partial charge on any atom is 0.308 e. The lowest BCUT2D eigenvalue weighted by Crippen LogP contribution is -2.32. The minimum Gasteiger partial charge on any atom is -0.458 e. The zero-order chi connectivity index (χ0) is 18.8. The fourth-order valence-electron chi connectivity index (χ4n) is 2.80. The molecule has 0 bridgehead atoms. The van der Waals surface area contributed by atoms with Gasteiger partial charge in [-0.3, -0.25) is 19.3 Å². The number of imide groups is 1. The fraction of sp³-hybridized carbons (Fsp3) is 0.211. The van der Waals surface area contributed by atoms with E-state index in [0.29, 0.717) is 17.2 Å². The van der Waals surface area contributed by atoms with Gasteiger partial charge < -0.3 is 4.74 Å². The molecule has 1 unspecified atom stereocenters. The van der Waals surface area contributed by atoms with E-state index in [2.05, 4.69) is 0 Å². The lowest BCUT2D eigenvalue weighted by molar-refractivity contribution is -0.148.